The Morgan fingerprint density at radius 1 is 0.902 bits per heavy atom. The normalized spacial score (nSPS) is 11.5. The second kappa shape index (κ2) is 11.8. The molecule has 3 aromatic heterocycles. The molecule has 0 bridgehead atoms. The van der Waals surface area contributed by atoms with Crippen LogP contribution in [0, 0.1) is 12.3 Å². The number of aliphatic carboxylic acids is 1. The van der Waals surface area contributed by atoms with E-state index in [1.807, 2.05) is 68.7 Å². The highest BCUT2D eigenvalue weighted by atomic mass is 16.5. The topological polar surface area (TPSA) is 86.5 Å². The number of aromatic nitrogens is 3. The van der Waals surface area contributed by atoms with Crippen molar-refractivity contribution < 1.29 is 19.4 Å². The second-order valence-electron chi connectivity index (χ2n) is 10.9. The number of carboxylic acids is 1. The van der Waals surface area contributed by atoms with E-state index in [1.165, 1.54) is 0 Å². The molecule has 210 valence electrons. The molecule has 5 rings (SSSR count). The number of pyridine rings is 2. The van der Waals surface area contributed by atoms with E-state index in [0.717, 1.165) is 50.3 Å². The monoisotopic (exact) mass is 549 g/mol. The quantitative estimate of drug-likeness (QED) is 0.189. The standard InChI is InChI=1S/C34H35N3O4/c1-5-40-32-15-11-26(20-36-32)25-9-7-24(8-10-25)21-37-29(18-34(3,4)33(38)39)16-27-17-30(13-14-31(27)37)41-22-28-12-6-23(2)19-35-28/h6-17,19-20H,5,18,21-22H2,1-4H3,(H,38,39). The van der Waals surface area contributed by atoms with E-state index in [0.29, 0.717) is 32.1 Å². The smallest absolute Gasteiger partial charge is 0.309 e. The third kappa shape index (κ3) is 6.57. The lowest BCUT2D eigenvalue weighted by molar-refractivity contribution is -0.146. The molecule has 0 aliphatic heterocycles. The van der Waals surface area contributed by atoms with Crippen molar-refractivity contribution in [2.45, 2.75) is 47.3 Å². The number of carboxylic acid groups (broad SMARTS) is 1. The minimum atomic E-state index is -0.910. The summed E-state index contributed by atoms with van der Waals surface area (Å²) in [6.07, 6.45) is 4.05. The first-order chi connectivity index (χ1) is 19.7. The number of fused-ring (bicyclic) bond motifs is 1. The molecule has 5 aromatic rings. The van der Waals surface area contributed by atoms with Gasteiger partial charge in [-0.2, -0.15) is 0 Å². The van der Waals surface area contributed by atoms with Gasteiger partial charge in [-0.1, -0.05) is 30.3 Å². The highest BCUT2D eigenvalue weighted by Gasteiger charge is 2.29. The average molecular weight is 550 g/mol. The van der Waals surface area contributed by atoms with Crippen molar-refractivity contribution in [1.82, 2.24) is 14.5 Å². The van der Waals surface area contributed by atoms with Crippen molar-refractivity contribution in [2.24, 2.45) is 5.41 Å². The van der Waals surface area contributed by atoms with Gasteiger partial charge in [-0.05, 0) is 80.8 Å². The van der Waals surface area contributed by atoms with Gasteiger partial charge in [0.15, 0.2) is 0 Å². The lowest BCUT2D eigenvalue weighted by atomic mass is 9.88. The van der Waals surface area contributed by atoms with Crippen molar-refractivity contribution in [1.29, 1.82) is 0 Å². The summed E-state index contributed by atoms with van der Waals surface area (Å²) in [4.78, 5) is 20.8. The van der Waals surface area contributed by atoms with Crippen molar-refractivity contribution in [2.75, 3.05) is 6.61 Å². The number of aryl methyl sites for hydroxylation is 1. The van der Waals surface area contributed by atoms with Gasteiger partial charge in [-0.15, -0.1) is 0 Å². The van der Waals surface area contributed by atoms with Gasteiger partial charge in [0.1, 0.15) is 12.4 Å². The lowest BCUT2D eigenvalue weighted by Gasteiger charge is -2.21. The Kier molecular flexibility index (Phi) is 8.06. The molecular formula is C34H35N3O4. The summed E-state index contributed by atoms with van der Waals surface area (Å²) in [5.41, 5.74) is 6.25. The van der Waals surface area contributed by atoms with Gasteiger partial charge in [0, 0.05) is 53.6 Å². The third-order valence-corrected chi connectivity index (χ3v) is 7.18. The molecule has 0 amide bonds. The van der Waals surface area contributed by atoms with Crippen LogP contribution >= 0.6 is 0 Å². The second-order valence-corrected chi connectivity index (χ2v) is 10.9. The molecule has 0 fully saturated rings. The molecule has 0 saturated carbocycles. The zero-order chi connectivity index (χ0) is 29.0. The molecule has 0 spiro atoms. The van der Waals surface area contributed by atoms with Crippen molar-refractivity contribution in [3.63, 3.8) is 0 Å². The summed E-state index contributed by atoms with van der Waals surface area (Å²) in [5, 5.41) is 10.8. The summed E-state index contributed by atoms with van der Waals surface area (Å²) in [5.74, 6) is 0.538. The van der Waals surface area contributed by atoms with E-state index in [4.69, 9.17) is 9.47 Å². The molecule has 0 saturated heterocycles. The molecule has 7 nitrogen and oxygen atoms in total. The van der Waals surface area contributed by atoms with Crippen LogP contribution in [0.25, 0.3) is 22.0 Å². The Labute approximate surface area is 240 Å². The molecule has 3 heterocycles. The maximum Gasteiger partial charge on any atom is 0.309 e. The first kappa shape index (κ1) is 27.9. The predicted molar refractivity (Wildman–Crippen MR) is 160 cm³/mol. The van der Waals surface area contributed by atoms with Gasteiger partial charge in [-0.25, -0.2) is 4.98 Å². The van der Waals surface area contributed by atoms with Gasteiger partial charge in [0.25, 0.3) is 0 Å². The lowest BCUT2D eigenvalue weighted by Crippen LogP contribution is -2.27. The molecular weight excluding hydrogens is 514 g/mol. The van der Waals surface area contributed by atoms with Crippen LogP contribution in [0.2, 0.25) is 0 Å². The first-order valence-corrected chi connectivity index (χ1v) is 13.8. The number of rotatable bonds is 11. The van der Waals surface area contributed by atoms with Crippen LogP contribution in [0.3, 0.4) is 0 Å². The van der Waals surface area contributed by atoms with Gasteiger partial charge in [0.05, 0.1) is 17.7 Å². The van der Waals surface area contributed by atoms with Gasteiger partial charge >= 0.3 is 5.97 Å². The highest BCUT2D eigenvalue weighted by Crippen LogP contribution is 2.31. The van der Waals surface area contributed by atoms with Crippen LogP contribution in [0.4, 0.5) is 0 Å². The fraction of sp³-hybridized carbons (Fsp3) is 0.265. The Balaban J connectivity index is 1.41. The van der Waals surface area contributed by atoms with Crippen molar-refractivity contribution in [3.05, 3.63) is 108 Å². The molecule has 1 N–H and O–H groups in total. The Hall–Kier alpha value is -4.65. The fourth-order valence-electron chi connectivity index (χ4n) is 4.77. The van der Waals surface area contributed by atoms with Crippen LogP contribution in [-0.4, -0.2) is 32.2 Å². The number of nitrogens with zero attached hydrogens (tertiary/aromatic N) is 3. The molecule has 7 heteroatoms. The van der Waals surface area contributed by atoms with E-state index in [-0.39, 0.29) is 0 Å². The zero-order valence-electron chi connectivity index (χ0n) is 23.9. The van der Waals surface area contributed by atoms with Crippen LogP contribution in [-0.2, 0) is 24.4 Å². The molecule has 0 atom stereocenters. The number of benzene rings is 2. The molecule has 0 radical (unpaired) electrons. The van der Waals surface area contributed by atoms with E-state index in [9.17, 15) is 9.90 Å². The van der Waals surface area contributed by atoms with Crippen LogP contribution in [0.1, 0.15) is 43.3 Å². The first-order valence-electron chi connectivity index (χ1n) is 13.8. The van der Waals surface area contributed by atoms with Gasteiger partial charge < -0.3 is 19.1 Å². The minimum Gasteiger partial charge on any atom is -0.487 e. The molecule has 2 aromatic carbocycles. The molecule has 41 heavy (non-hydrogen) atoms. The van der Waals surface area contributed by atoms with Crippen molar-refractivity contribution in [3.8, 4) is 22.8 Å². The number of hydrogen-bond donors (Lipinski definition) is 1. The largest absolute Gasteiger partial charge is 0.487 e. The molecule has 0 unspecified atom stereocenters. The number of carbonyl (C=O) groups is 1. The van der Waals surface area contributed by atoms with E-state index >= 15 is 0 Å². The Morgan fingerprint density at radius 2 is 1.68 bits per heavy atom. The van der Waals surface area contributed by atoms with Crippen LogP contribution in [0.5, 0.6) is 11.6 Å². The summed E-state index contributed by atoms with van der Waals surface area (Å²) in [6.45, 7) is 9.05. The highest BCUT2D eigenvalue weighted by molar-refractivity contribution is 5.83. The SMILES string of the molecule is CCOc1ccc(-c2ccc(Cn3c(CC(C)(C)C(=O)O)cc4cc(OCc5ccc(C)cn5)ccc43)cc2)cn1. The number of ether oxygens (including phenoxy) is 2. The predicted octanol–water partition coefficient (Wildman–Crippen LogP) is 7.09. The number of hydrogen-bond acceptors (Lipinski definition) is 5. The molecule has 0 aliphatic carbocycles. The van der Waals surface area contributed by atoms with Gasteiger partial charge in [0.2, 0.25) is 5.88 Å². The Bertz CT molecular complexity index is 1640. The summed E-state index contributed by atoms with van der Waals surface area (Å²) in [7, 11) is 0. The summed E-state index contributed by atoms with van der Waals surface area (Å²) in [6, 6.07) is 24.4. The van der Waals surface area contributed by atoms with E-state index in [1.54, 1.807) is 13.8 Å². The van der Waals surface area contributed by atoms with Gasteiger partial charge in [-0.3, -0.25) is 9.78 Å². The Morgan fingerprint density at radius 3 is 2.34 bits per heavy atom. The van der Waals surface area contributed by atoms with Crippen LogP contribution in [0.15, 0.2) is 85.2 Å². The summed E-state index contributed by atoms with van der Waals surface area (Å²) >= 11 is 0. The average Bonchev–Trinajstić information content (AvgIpc) is 3.28. The van der Waals surface area contributed by atoms with E-state index in [2.05, 4.69) is 44.9 Å². The minimum absolute atomic E-state index is 0.377. The van der Waals surface area contributed by atoms with Crippen LogP contribution < -0.4 is 9.47 Å². The summed E-state index contributed by atoms with van der Waals surface area (Å²) < 4.78 is 13.7. The molecule has 0 aliphatic rings. The van der Waals surface area contributed by atoms with E-state index < -0.39 is 11.4 Å². The fourth-order valence-corrected chi connectivity index (χ4v) is 4.77. The third-order valence-electron chi connectivity index (χ3n) is 7.18. The maximum atomic E-state index is 12.0. The van der Waals surface area contributed by atoms with Crippen molar-refractivity contribution >= 4 is 16.9 Å². The maximum absolute atomic E-state index is 12.0. The zero-order valence-corrected chi connectivity index (χ0v) is 23.9.